The minimum atomic E-state index is -3.78. The Morgan fingerprint density at radius 2 is 1.78 bits per heavy atom. The Morgan fingerprint density at radius 3 is 2.36 bits per heavy atom. The molecule has 1 amide bonds. The van der Waals surface area contributed by atoms with Crippen molar-refractivity contribution in [1.82, 2.24) is 8.87 Å². The van der Waals surface area contributed by atoms with Crippen molar-refractivity contribution in [3.05, 3.63) is 65.5 Å². The molecule has 2 aromatic carbocycles. The van der Waals surface area contributed by atoms with Gasteiger partial charge in [-0.3, -0.25) is 4.79 Å². The number of fused-ring (bicyclic) bond motifs is 1. The predicted octanol–water partition coefficient (Wildman–Crippen LogP) is 3.31. The highest BCUT2D eigenvalue weighted by molar-refractivity contribution is 7.89. The van der Waals surface area contributed by atoms with Crippen molar-refractivity contribution >= 4 is 37.5 Å². The minimum Gasteiger partial charge on any atom is -0.492 e. The van der Waals surface area contributed by atoms with Crippen molar-refractivity contribution in [2.24, 2.45) is 4.99 Å². The number of carbonyl (C=O) groups is 1. The van der Waals surface area contributed by atoms with Gasteiger partial charge in [0.05, 0.1) is 29.4 Å². The van der Waals surface area contributed by atoms with Crippen molar-refractivity contribution in [3.8, 4) is 5.75 Å². The van der Waals surface area contributed by atoms with Gasteiger partial charge in [-0.15, -0.1) is 6.58 Å². The Hall–Kier alpha value is -2.83. The van der Waals surface area contributed by atoms with Crippen LogP contribution >= 0.6 is 11.3 Å². The van der Waals surface area contributed by atoms with Crippen LogP contribution in [0.1, 0.15) is 17.3 Å². The van der Waals surface area contributed by atoms with Crippen molar-refractivity contribution in [2.75, 3.05) is 47.1 Å². The number of allylic oxidation sites excluding steroid dienone is 1. The molecule has 0 aliphatic carbocycles. The number of aromatic nitrogens is 1. The van der Waals surface area contributed by atoms with Crippen molar-refractivity contribution in [2.45, 2.75) is 18.4 Å². The van der Waals surface area contributed by atoms with Gasteiger partial charge in [0.15, 0.2) is 4.80 Å². The van der Waals surface area contributed by atoms with Crippen molar-refractivity contribution < 1.29 is 27.4 Å². The molecule has 194 valence electrons. The van der Waals surface area contributed by atoms with Crippen LogP contribution in [0.15, 0.2) is 65.0 Å². The fourth-order valence-corrected chi connectivity index (χ4v) is 6.02. The summed E-state index contributed by atoms with van der Waals surface area (Å²) in [5, 5.41) is 0. The minimum absolute atomic E-state index is 0.0798. The Labute approximate surface area is 215 Å². The summed E-state index contributed by atoms with van der Waals surface area (Å²) in [5.41, 5.74) is 1.13. The van der Waals surface area contributed by atoms with E-state index in [9.17, 15) is 13.2 Å². The number of sulfonamides is 1. The van der Waals surface area contributed by atoms with Gasteiger partial charge in [-0.25, -0.2) is 8.42 Å². The topological polar surface area (TPSA) is 99.4 Å². The molecule has 0 atom stereocenters. The lowest BCUT2D eigenvalue weighted by atomic mass is 10.2. The van der Waals surface area contributed by atoms with Gasteiger partial charge in [0, 0.05) is 39.4 Å². The summed E-state index contributed by atoms with van der Waals surface area (Å²) in [6.45, 7) is 7.59. The van der Waals surface area contributed by atoms with Crippen LogP contribution in [-0.4, -0.2) is 70.3 Å². The third kappa shape index (κ3) is 6.29. The molecule has 0 bridgehead atoms. The number of amides is 1. The lowest BCUT2D eigenvalue weighted by molar-refractivity contribution is 0.0997. The van der Waals surface area contributed by atoms with Crippen LogP contribution in [0, 0.1) is 0 Å². The van der Waals surface area contributed by atoms with E-state index in [1.54, 1.807) is 6.08 Å². The number of nitrogens with zero attached hydrogens (tertiary/aromatic N) is 3. The summed E-state index contributed by atoms with van der Waals surface area (Å²) in [5.74, 6) is 0.236. The summed E-state index contributed by atoms with van der Waals surface area (Å²) in [4.78, 5) is 17.9. The van der Waals surface area contributed by atoms with Gasteiger partial charge in [-0.2, -0.15) is 9.30 Å². The van der Waals surface area contributed by atoms with Gasteiger partial charge in [0.25, 0.3) is 5.91 Å². The molecule has 9 nitrogen and oxygen atoms in total. The molecule has 0 unspecified atom stereocenters. The van der Waals surface area contributed by atoms with Crippen LogP contribution in [0.4, 0.5) is 0 Å². The molecular weight excluding hydrogens is 502 g/mol. The number of para-hydroxylation sites is 1. The zero-order valence-corrected chi connectivity index (χ0v) is 22.3. The summed E-state index contributed by atoms with van der Waals surface area (Å²) in [6, 6.07) is 11.5. The Balaban J connectivity index is 1.94. The third-order valence-corrected chi connectivity index (χ3v) is 8.26. The van der Waals surface area contributed by atoms with E-state index in [2.05, 4.69) is 11.6 Å². The molecule has 11 heteroatoms. The molecule has 0 aliphatic rings. The lowest BCUT2D eigenvalue weighted by Gasteiger charge is -2.21. The summed E-state index contributed by atoms with van der Waals surface area (Å²) < 4.78 is 46.2. The van der Waals surface area contributed by atoms with Gasteiger partial charge in [0.2, 0.25) is 10.0 Å². The summed E-state index contributed by atoms with van der Waals surface area (Å²) >= 11 is 1.37. The first-order valence-electron chi connectivity index (χ1n) is 11.4. The molecule has 0 radical (unpaired) electrons. The molecular formula is C25H31N3O6S2. The molecule has 3 rings (SSSR count). The Kier molecular flexibility index (Phi) is 9.97. The average Bonchev–Trinajstić information content (AvgIpc) is 3.22. The van der Waals surface area contributed by atoms with Gasteiger partial charge in [-0.1, -0.05) is 23.5 Å². The molecule has 1 aromatic heterocycles. The maximum absolute atomic E-state index is 13.1. The first kappa shape index (κ1) is 27.8. The van der Waals surface area contributed by atoms with Gasteiger partial charge >= 0.3 is 0 Å². The number of hydrogen-bond acceptors (Lipinski definition) is 7. The van der Waals surface area contributed by atoms with Gasteiger partial charge < -0.3 is 18.8 Å². The number of methoxy groups -OCH3 is 2. The highest BCUT2D eigenvalue weighted by atomic mass is 32.2. The fraction of sp³-hybridized carbons (Fsp3) is 0.360. The first-order valence-corrected chi connectivity index (χ1v) is 13.7. The molecule has 0 fully saturated rings. The largest absolute Gasteiger partial charge is 0.492 e. The first-order chi connectivity index (χ1) is 17.4. The summed E-state index contributed by atoms with van der Waals surface area (Å²) in [6.07, 6.45) is 1.73. The molecule has 36 heavy (non-hydrogen) atoms. The zero-order chi connectivity index (χ0) is 26.1. The number of benzene rings is 2. The SMILES string of the molecule is C=CCn1c(=NC(=O)c2ccc(S(=O)(=O)N(CCOC)CCOC)cc2)sc2cccc(OCC)c21. The van der Waals surface area contributed by atoms with Crippen molar-refractivity contribution in [3.63, 3.8) is 0 Å². The maximum Gasteiger partial charge on any atom is 0.279 e. The van der Waals surface area contributed by atoms with Gasteiger partial charge in [-0.05, 0) is 43.3 Å². The molecule has 0 saturated carbocycles. The number of carbonyl (C=O) groups excluding carboxylic acids is 1. The molecule has 0 aliphatic heterocycles. The van der Waals surface area contributed by atoms with Crippen LogP contribution in [0.25, 0.3) is 10.2 Å². The predicted molar refractivity (Wildman–Crippen MR) is 140 cm³/mol. The van der Waals surface area contributed by atoms with E-state index in [1.807, 2.05) is 29.7 Å². The molecule has 3 aromatic rings. The number of rotatable bonds is 13. The Morgan fingerprint density at radius 1 is 1.11 bits per heavy atom. The normalized spacial score (nSPS) is 12.4. The quantitative estimate of drug-likeness (QED) is 0.313. The smallest absolute Gasteiger partial charge is 0.279 e. The number of ether oxygens (including phenoxy) is 3. The second kappa shape index (κ2) is 12.9. The molecule has 0 spiro atoms. The fourth-order valence-electron chi connectivity index (χ4n) is 3.56. The van der Waals surface area contributed by atoms with Gasteiger partial charge in [0.1, 0.15) is 11.3 Å². The highest BCUT2D eigenvalue weighted by Gasteiger charge is 2.24. The zero-order valence-electron chi connectivity index (χ0n) is 20.7. The average molecular weight is 534 g/mol. The van der Waals surface area contributed by atoms with E-state index in [-0.39, 0.29) is 36.8 Å². The van der Waals surface area contributed by atoms with E-state index in [0.29, 0.717) is 23.7 Å². The number of thiazole rings is 1. The van der Waals surface area contributed by atoms with Crippen LogP contribution in [0.5, 0.6) is 5.75 Å². The second-order valence-electron chi connectivity index (χ2n) is 7.65. The standard InChI is InChI=1S/C25H31N3O6S2/c1-5-14-28-23-21(34-6-2)8-7-9-22(23)35-25(28)26-24(29)19-10-12-20(13-11-19)36(30,31)27(15-17-32-3)16-18-33-4/h5,7-13H,1,6,14-18H2,2-4H3. The van der Waals surface area contributed by atoms with Crippen LogP contribution in [-0.2, 0) is 26.0 Å². The summed E-state index contributed by atoms with van der Waals surface area (Å²) in [7, 11) is -0.760. The monoisotopic (exact) mass is 533 g/mol. The lowest BCUT2D eigenvalue weighted by Crippen LogP contribution is -2.36. The van der Waals surface area contributed by atoms with E-state index in [1.165, 1.54) is 54.1 Å². The van der Waals surface area contributed by atoms with E-state index in [0.717, 1.165) is 10.2 Å². The highest BCUT2D eigenvalue weighted by Crippen LogP contribution is 2.28. The van der Waals surface area contributed by atoms with Crippen LogP contribution in [0.3, 0.4) is 0 Å². The van der Waals surface area contributed by atoms with Crippen LogP contribution in [0.2, 0.25) is 0 Å². The number of hydrogen-bond donors (Lipinski definition) is 0. The van der Waals surface area contributed by atoms with Crippen molar-refractivity contribution in [1.29, 1.82) is 0 Å². The molecule has 0 N–H and O–H groups in total. The van der Waals surface area contributed by atoms with E-state index in [4.69, 9.17) is 14.2 Å². The van der Waals surface area contributed by atoms with Crippen LogP contribution < -0.4 is 9.54 Å². The molecule has 0 saturated heterocycles. The Bertz CT molecular complexity index is 1350. The molecule has 1 heterocycles. The van der Waals surface area contributed by atoms with E-state index < -0.39 is 15.9 Å². The second-order valence-corrected chi connectivity index (χ2v) is 10.6. The maximum atomic E-state index is 13.1. The third-order valence-electron chi connectivity index (χ3n) is 5.30. The van der Waals surface area contributed by atoms with E-state index >= 15 is 0 Å².